The standard InChI is InChI=1S/C13H15BrN2O3/c14-10-2-1-9(6-11(10)15)13(19)16-4-3-8(7-16)5-12(17)18/h1-2,6,8H,3-5,7,15H2,(H,17,18). The number of amides is 1. The number of hydrogen-bond donors (Lipinski definition) is 2. The molecular weight excluding hydrogens is 312 g/mol. The summed E-state index contributed by atoms with van der Waals surface area (Å²) >= 11 is 3.28. The maximum absolute atomic E-state index is 12.2. The van der Waals surface area contributed by atoms with Gasteiger partial charge in [-0.1, -0.05) is 0 Å². The maximum atomic E-state index is 12.2. The molecule has 6 heteroatoms. The van der Waals surface area contributed by atoms with Gasteiger partial charge in [-0.15, -0.1) is 0 Å². The molecule has 1 heterocycles. The van der Waals surface area contributed by atoms with Crippen molar-refractivity contribution in [3.05, 3.63) is 28.2 Å². The number of anilines is 1. The quantitative estimate of drug-likeness (QED) is 0.832. The molecule has 1 atom stereocenters. The topological polar surface area (TPSA) is 83.6 Å². The first-order valence-corrected chi connectivity index (χ1v) is 6.82. The van der Waals surface area contributed by atoms with E-state index in [0.717, 1.165) is 10.9 Å². The molecule has 0 spiro atoms. The lowest BCUT2D eigenvalue weighted by atomic mass is 10.1. The van der Waals surface area contributed by atoms with Crippen molar-refractivity contribution >= 4 is 33.5 Å². The van der Waals surface area contributed by atoms with Crippen molar-refractivity contribution in [2.24, 2.45) is 5.92 Å². The number of carboxylic acid groups (broad SMARTS) is 1. The molecule has 102 valence electrons. The zero-order chi connectivity index (χ0) is 14.0. The summed E-state index contributed by atoms with van der Waals surface area (Å²) < 4.78 is 0.759. The monoisotopic (exact) mass is 326 g/mol. The number of rotatable bonds is 3. The van der Waals surface area contributed by atoms with Crippen LogP contribution in [0.3, 0.4) is 0 Å². The highest BCUT2D eigenvalue weighted by Crippen LogP contribution is 2.24. The zero-order valence-corrected chi connectivity index (χ0v) is 11.9. The van der Waals surface area contributed by atoms with E-state index >= 15 is 0 Å². The van der Waals surface area contributed by atoms with Gasteiger partial charge in [-0.05, 0) is 46.5 Å². The Hall–Kier alpha value is -1.56. The van der Waals surface area contributed by atoms with Gasteiger partial charge in [0.2, 0.25) is 0 Å². The fraction of sp³-hybridized carbons (Fsp3) is 0.385. The zero-order valence-electron chi connectivity index (χ0n) is 10.3. The Morgan fingerprint density at radius 2 is 2.21 bits per heavy atom. The summed E-state index contributed by atoms with van der Waals surface area (Å²) in [5, 5.41) is 8.76. The smallest absolute Gasteiger partial charge is 0.303 e. The van der Waals surface area contributed by atoms with Gasteiger partial charge >= 0.3 is 5.97 Å². The molecule has 1 aliphatic rings. The summed E-state index contributed by atoms with van der Waals surface area (Å²) in [6.07, 6.45) is 0.857. The second-order valence-electron chi connectivity index (χ2n) is 4.74. The summed E-state index contributed by atoms with van der Waals surface area (Å²) in [5.41, 5.74) is 6.81. The molecule has 1 saturated heterocycles. The molecule has 0 radical (unpaired) electrons. The highest BCUT2D eigenvalue weighted by molar-refractivity contribution is 9.10. The maximum Gasteiger partial charge on any atom is 0.303 e. The number of carboxylic acids is 1. The second-order valence-corrected chi connectivity index (χ2v) is 5.59. The molecule has 1 unspecified atom stereocenters. The predicted molar refractivity (Wildman–Crippen MR) is 74.8 cm³/mol. The van der Waals surface area contributed by atoms with E-state index in [1.807, 2.05) is 0 Å². The van der Waals surface area contributed by atoms with Crippen LogP contribution in [0, 0.1) is 5.92 Å². The van der Waals surface area contributed by atoms with Gasteiger partial charge in [0.15, 0.2) is 0 Å². The number of nitrogens with two attached hydrogens (primary N) is 1. The lowest BCUT2D eigenvalue weighted by molar-refractivity contribution is -0.138. The Balaban J connectivity index is 2.04. The number of hydrogen-bond acceptors (Lipinski definition) is 3. The van der Waals surface area contributed by atoms with Crippen LogP contribution in [0.1, 0.15) is 23.2 Å². The van der Waals surface area contributed by atoms with Crippen molar-refractivity contribution in [3.63, 3.8) is 0 Å². The van der Waals surface area contributed by atoms with E-state index < -0.39 is 5.97 Å². The highest BCUT2D eigenvalue weighted by Gasteiger charge is 2.28. The molecule has 0 aromatic heterocycles. The van der Waals surface area contributed by atoms with Crippen molar-refractivity contribution in [2.75, 3.05) is 18.8 Å². The Labute approximate surface area is 119 Å². The van der Waals surface area contributed by atoms with Crippen molar-refractivity contribution in [1.29, 1.82) is 0 Å². The largest absolute Gasteiger partial charge is 0.481 e. The van der Waals surface area contributed by atoms with E-state index in [0.29, 0.717) is 24.3 Å². The summed E-state index contributed by atoms with van der Waals surface area (Å²) in [5.74, 6) is -0.853. The molecule has 1 aromatic rings. The van der Waals surface area contributed by atoms with Gasteiger partial charge in [-0.25, -0.2) is 0 Å². The number of benzene rings is 1. The van der Waals surface area contributed by atoms with Crippen LogP contribution in [0.25, 0.3) is 0 Å². The van der Waals surface area contributed by atoms with Crippen molar-refractivity contribution in [3.8, 4) is 0 Å². The highest BCUT2D eigenvalue weighted by atomic mass is 79.9. The third kappa shape index (κ3) is 3.26. The molecule has 1 aliphatic heterocycles. The van der Waals surface area contributed by atoms with E-state index in [-0.39, 0.29) is 18.2 Å². The van der Waals surface area contributed by atoms with E-state index in [1.165, 1.54) is 0 Å². The van der Waals surface area contributed by atoms with Gasteiger partial charge in [0.25, 0.3) is 5.91 Å². The molecule has 2 rings (SSSR count). The minimum atomic E-state index is -0.813. The van der Waals surface area contributed by atoms with E-state index in [4.69, 9.17) is 10.8 Å². The summed E-state index contributed by atoms with van der Waals surface area (Å²) in [7, 11) is 0. The summed E-state index contributed by atoms with van der Waals surface area (Å²) in [4.78, 5) is 24.6. The molecule has 1 fully saturated rings. The summed E-state index contributed by atoms with van der Waals surface area (Å²) in [6.45, 7) is 1.11. The van der Waals surface area contributed by atoms with Gasteiger partial charge in [-0.2, -0.15) is 0 Å². The van der Waals surface area contributed by atoms with Crippen molar-refractivity contribution in [1.82, 2.24) is 4.90 Å². The number of aliphatic carboxylic acids is 1. The normalized spacial score (nSPS) is 18.6. The SMILES string of the molecule is Nc1cc(C(=O)N2CCC(CC(=O)O)C2)ccc1Br. The Morgan fingerprint density at radius 3 is 2.84 bits per heavy atom. The number of nitrogen functional groups attached to an aromatic ring is 1. The number of carbonyl (C=O) groups is 2. The van der Waals surface area contributed by atoms with E-state index in [9.17, 15) is 9.59 Å². The Morgan fingerprint density at radius 1 is 1.47 bits per heavy atom. The lowest BCUT2D eigenvalue weighted by Gasteiger charge is -2.16. The number of nitrogens with zero attached hydrogens (tertiary/aromatic N) is 1. The molecule has 0 bridgehead atoms. The molecule has 1 aromatic carbocycles. The lowest BCUT2D eigenvalue weighted by Crippen LogP contribution is -2.29. The first kappa shape index (κ1) is 13.9. The minimum Gasteiger partial charge on any atom is -0.481 e. The number of halogens is 1. The summed E-state index contributed by atoms with van der Waals surface area (Å²) in [6, 6.07) is 5.09. The van der Waals surface area contributed by atoms with Gasteiger partial charge < -0.3 is 15.7 Å². The molecule has 3 N–H and O–H groups in total. The third-order valence-corrected chi connectivity index (χ3v) is 4.00. The van der Waals surface area contributed by atoms with Crippen LogP contribution >= 0.6 is 15.9 Å². The Kier molecular flexibility index (Phi) is 4.09. The molecular formula is C13H15BrN2O3. The van der Waals surface area contributed by atoms with Crippen LogP contribution in [-0.4, -0.2) is 35.0 Å². The average molecular weight is 327 g/mol. The first-order chi connectivity index (χ1) is 8.97. The van der Waals surface area contributed by atoms with E-state index in [2.05, 4.69) is 15.9 Å². The fourth-order valence-corrected chi connectivity index (χ4v) is 2.54. The van der Waals surface area contributed by atoms with Crippen LogP contribution < -0.4 is 5.73 Å². The number of carbonyl (C=O) groups excluding carboxylic acids is 1. The third-order valence-electron chi connectivity index (χ3n) is 3.28. The predicted octanol–water partition coefficient (Wildman–Crippen LogP) is 1.97. The van der Waals surface area contributed by atoms with Gasteiger partial charge in [0.1, 0.15) is 0 Å². The molecule has 1 amide bonds. The first-order valence-electron chi connectivity index (χ1n) is 6.03. The van der Waals surface area contributed by atoms with Crippen LogP contribution in [0.15, 0.2) is 22.7 Å². The Bertz CT molecular complexity index is 519. The molecule has 0 saturated carbocycles. The van der Waals surface area contributed by atoms with Crippen molar-refractivity contribution < 1.29 is 14.7 Å². The fourth-order valence-electron chi connectivity index (χ4n) is 2.29. The molecule has 5 nitrogen and oxygen atoms in total. The van der Waals surface area contributed by atoms with Gasteiger partial charge in [-0.3, -0.25) is 9.59 Å². The van der Waals surface area contributed by atoms with Crippen LogP contribution in [0.4, 0.5) is 5.69 Å². The van der Waals surface area contributed by atoms with Gasteiger partial charge in [0.05, 0.1) is 0 Å². The van der Waals surface area contributed by atoms with Crippen LogP contribution in [-0.2, 0) is 4.79 Å². The number of likely N-dealkylation sites (tertiary alicyclic amines) is 1. The molecule has 0 aliphatic carbocycles. The van der Waals surface area contributed by atoms with Gasteiger partial charge in [0, 0.05) is 35.2 Å². The average Bonchev–Trinajstić information content (AvgIpc) is 2.79. The van der Waals surface area contributed by atoms with Crippen molar-refractivity contribution in [2.45, 2.75) is 12.8 Å². The second kappa shape index (κ2) is 5.61. The van der Waals surface area contributed by atoms with Crippen LogP contribution in [0.5, 0.6) is 0 Å². The van der Waals surface area contributed by atoms with Crippen LogP contribution in [0.2, 0.25) is 0 Å². The molecule has 19 heavy (non-hydrogen) atoms. The minimum absolute atomic E-state index is 0.0502. The van der Waals surface area contributed by atoms with E-state index in [1.54, 1.807) is 23.1 Å².